The molecule has 0 amide bonds. The minimum absolute atomic E-state index is 0.129. The van der Waals surface area contributed by atoms with Crippen molar-refractivity contribution >= 4 is 49.1 Å². The van der Waals surface area contributed by atoms with E-state index in [1.165, 1.54) is 82.6 Å². The van der Waals surface area contributed by atoms with Gasteiger partial charge in [-0.15, -0.1) is 0 Å². The molecule has 0 unspecified atom stereocenters. The maximum Gasteiger partial charge on any atom is 0.311 e. The summed E-state index contributed by atoms with van der Waals surface area (Å²) in [6.45, 7) is 2.25. The Labute approximate surface area is 214 Å². The van der Waals surface area contributed by atoms with Crippen LogP contribution in [-0.4, -0.2) is 5.97 Å². The highest BCUT2D eigenvalue weighted by atomic mass is 16.5. The zero-order chi connectivity index (χ0) is 24.7. The van der Waals surface area contributed by atoms with Crippen molar-refractivity contribution in [2.45, 2.75) is 71.1 Å². The molecule has 0 N–H and O–H groups in total. The fourth-order valence-electron chi connectivity index (χ4n) is 5.45. The molecule has 0 aromatic heterocycles. The summed E-state index contributed by atoms with van der Waals surface area (Å²) < 4.78 is 5.69. The molecule has 36 heavy (non-hydrogen) atoms. The second kappa shape index (κ2) is 11.6. The smallest absolute Gasteiger partial charge is 0.311 e. The molecule has 0 aliphatic heterocycles. The van der Waals surface area contributed by atoms with Gasteiger partial charge in [0, 0.05) is 6.42 Å². The van der Waals surface area contributed by atoms with Crippen LogP contribution in [0.3, 0.4) is 0 Å². The van der Waals surface area contributed by atoms with Gasteiger partial charge in [0.1, 0.15) is 5.75 Å². The van der Waals surface area contributed by atoms with Crippen LogP contribution in [0.15, 0.2) is 78.9 Å². The molecule has 0 atom stereocenters. The molecule has 0 aliphatic carbocycles. The molecule has 0 saturated carbocycles. The fourth-order valence-corrected chi connectivity index (χ4v) is 5.45. The molecule has 0 spiro atoms. The Bertz CT molecular complexity index is 1500. The third-order valence-electron chi connectivity index (χ3n) is 7.43. The zero-order valence-electron chi connectivity index (χ0n) is 21.4. The maximum absolute atomic E-state index is 12.4. The minimum Gasteiger partial charge on any atom is -0.427 e. The van der Waals surface area contributed by atoms with E-state index in [0.717, 1.165) is 18.2 Å². The van der Waals surface area contributed by atoms with Crippen LogP contribution in [0.2, 0.25) is 0 Å². The summed E-state index contributed by atoms with van der Waals surface area (Å²) >= 11 is 0. The Morgan fingerprint density at radius 2 is 1.08 bits per heavy atom. The molecule has 0 saturated heterocycles. The lowest BCUT2D eigenvalue weighted by Gasteiger charge is -2.11. The molecule has 0 bridgehead atoms. The van der Waals surface area contributed by atoms with E-state index < -0.39 is 0 Å². The van der Waals surface area contributed by atoms with Gasteiger partial charge in [-0.05, 0) is 61.6 Å². The standard InChI is InChI=1S/C34H36O2/c1-2-3-4-5-6-7-8-9-10-15-34(35)36-27-18-21-29-26(24-27)17-20-33-31(29)23-22-30-28-14-12-11-13-25(28)16-19-32(30)33/h11-14,16-24H,2-10,15H2,1H3. The Morgan fingerprint density at radius 1 is 0.556 bits per heavy atom. The van der Waals surface area contributed by atoms with Crippen LogP contribution in [0.25, 0.3) is 43.1 Å². The molecule has 0 fully saturated rings. The van der Waals surface area contributed by atoms with Crippen molar-refractivity contribution in [1.82, 2.24) is 0 Å². The number of carbonyl (C=O) groups excluding carboxylic acids is 1. The lowest BCUT2D eigenvalue weighted by Crippen LogP contribution is -2.07. The van der Waals surface area contributed by atoms with E-state index in [0.29, 0.717) is 12.2 Å². The first kappa shape index (κ1) is 24.3. The average Bonchev–Trinajstić information content (AvgIpc) is 2.91. The molecular weight excluding hydrogens is 440 g/mol. The molecule has 0 heterocycles. The quantitative estimate of drug-likeness (QED) is 0.0820. The van der Waals surface area contributed by atoms with Crippen molar-refractivity contribution in [3.05, 3.63) is 78.9 Å². The number of benzene rings is 5. The van der Waals surface area contributed by atoms with Gasteiger partial charge in [0.05, 0.1) is 0 Å². The van der Waals surface area contributed by atoms with Crippen LogP contribution in [0.5, 0.6) is 5.75 Å². The lowest BCUT2D eigenvalue weighted by molar-refractivity contribution is -0.134. The predicted molar refractivity (Wildman–Crippen MR) is 154 cm³/mol. The first-order valence-electron chi connectivity index (χ1n) is 13.7. The summed E-state index contributed by atoms with van der Waals surface area (Å²) in [6.07, 6.45) is 11.7. The van der Waals surface area contributed by atoms with Gasteiger partial charge in [-0.2, -0.15) is 0 Å². The predicted octanol–water partition coefficient (Wildman–Crippen LogP) is 10.1. The first-order valence-corrected chi connectivity index (χ1v) is 13.7. The van der Waals surface area contributed by atoms with Crippen molar-refractivity contribution in [2.75, 3.05) is 0 Å². The topological polar surface area (TPSA) is 26.3 Å². The number of fused-ring (bicyclic) bond motifs is 7. The van der Waals surface area contributed by atoms with Gasteiger partial charge < -0.3 is 4.74 Å². The third kappa shape index (κ3) is 5.38. The van der Waals surface area contributed by atoms with Crippen LogP contribution in [-0.2, 0) is 4.79 Å². The van der Waals surface area contributed by atoms with E-state index in [9.17, 15) is 4.79 Å². The van der Waals surface area contributed by atoms with Crippen molar-refractivity contribution in [3.63, 3.8) is 0 Å². The third-order valence-corrected chi connectivity index (χ3v) is 7.43. The SMILES string of the molecule is CCCCCCCCCCCC(=O)Oc1ccc2c(ccc3c2ccc2c4ccccc4ccc23)c1. The molecule has 184 valence electrons. The molecule has 5 rings (SSSR count). The van der Waals surface area contributed by atoms with Crippen LogP contribution < -0.4 is 4.74 Å². The largest absolute Gasteiger partial charge is 0.427 e. The molecule has 5 aromatic carbocycles. The van der Waals surface area contributed by atoms with E-state index in [2.05, 4.69) is 73.7 Å². The number of esters is 1. The fraction of sp³-hybridized carbons (Fsp3) is 0.324. The number of ether oxygens (including phenoxy) is 1. The molecule has 0 aliphatic rings. The van der Waals surface area contributed by atoms with Crippen molar-refractivity contribution < 1.29 is 9.53 Å². The van der Waals surface area contributed by atoms with Crippen molar-refractivity contribution in [2.24, 2.45) is 0 Å². The Balaban J connectivity index is 1.24. The first-order chi connectivity index (χ1) is 17.7. The minimum atomic E-state index is -0.129. The van der Waals surface area contributed by atoms with Gasteiger partial charge in [0.2, 0.25) is 0 Å². The van der Waals surface area contributed by atoms with Gasteiger partial charge in [-0.3, -0.25) is 4.79 Å². The van der Waals surface area contributed by atoms with E-state index >= 15 is 0 Å². The summed E-state index contributed by atoms with van der Waals surface area (Å²) in [7, 11) is 0. The van der Waals surface area contributed by atoms with Gasteiger partial charge in [-0.25, -0.2) is 0 Å². The number of carbonyl (C=O) groups is 1. The van der Waals surface area contributed by atoms with Gasteiger partial charge >= 0.3 is 5.97 Å². The summed E-state index contributed by atoms with van der Waals surface area (Å²) in [4.78, 5) is 12.4. The summed E-state index contributed by atoms with van der Waals surface area (Å²) in [5, 5.41) is 9.85. The van der Waals surface area contributed by atoms with E-state index in [1.807, 2.05) is 12.1 Å². The summed E-state index contributed by atoms with van der Waals surface area (Å²) in [5.41, 5.74) is 0. The van der Waals surface area contributed by atoms with Crippen LogP contribution in [0.4, 0.5) is 0 Å². The van der Waals surface area contributed by atoms with Crippen LogP contribution >= 0.6 is 0 Å². The second-order valence-electron chi connectivity index (χ2n) is 10.0. The molecule has 5 aromatic rings. The van der Waals surface area contributed by atoms with Gasteiger partial charge in [0.15, 0.2) is 0 Å². The van der Waals surface area contributed by atoms with Gasteiger partial charge in [0.25, 0.3) is 0 Å². The van der Waals surface area contributed by atoms with E-state index in [4.69, 9.17) is 4.74 Å². The Kier molecular flexibility index (Phi) is 7.81. The lowest BCUT2D eigenvalue weighted by atomic mass is 9.94. The Hall–Kier alpha value is -3.39. The summed E-state index contributed by atoms with van der Waals surface area (Å²) in [5.74, 6) is 0.505. The van der Waals surface area contributed by atoms with Crippen molar-refractivity contribution in [1.29, 1.82) is 0 Å². The second-order valence-corrected chi connectivity index (χ2v) is 10.0. The van der Waals surface area contributed by atoms with Gasteiger partial charge in [-0.1, -0.05) is 125 Å². The van der Waals surface area contributed by atoms with Crippen molar-refractivity contribution in [3.8, 4) is 5.75 Å². The number of hydrogen-bond acceptors (Lipinski definition) is 2. The highest BCUT2D eigenvalue weighted by Gasteiger charge is 2.10. The van der Waals surface area contributed by atoms with Crippen LogP contribution in [0, 0.1) is 0 Å². The highest BCUT2D eigenvalue weighted by Crippen LogP contribution is 2.35. The maximum atomic E-state index is 12.4. The number of unbranched alkanes of at least 4 members (excludes halogenated alkanes) is 8. The monoisotopic (exact) mass is 476 g/mol. The Morgan fingerprint density at radius 3 is 1.81 bits per heavy atom. The summed E-state index contributed by atoms with van der Waals surface area (Å²) in [6, 6.07) is 27.8. The highest BCUT2D eigenvalue weighted by molar-refractivity contribution is 6.22. The van der Waals surface area contributed by atoms with Crippen LogP contribution in [0.1, 0.15) is 71.1 Å². The molecule has 2 nitrogen and oxygen atoms in total. The normalized spacial score (nSPS) is 11.6. The number of hydrogen-bond donors (Lipinski definition) is 0. The zero-order valence-corrected chi connectivity index (χ0v) is 21.4. The molecular formula is C34H36O2. The number of rotatable bonds is 11. The van der Waals surface area contributed by atoms with E-state index in [1.54, 1.807) is 0 Å². The van der Waals surface area contributed by atoms with E-state index in [-0.39, 0.29) is 5.97 Å². The molecule has 2 heteroatoms. The average molecular weight is 477 g/mol. The molecule has 0 radical (unpaired) electrons.